The molecule has 2 aromatic carbocycles. The lowest BCUT2D eigenvalue weighted by Crippen LogP contribution is -2.32. The lowest BCUT2D eigenvalue weighted by Gasteiger charge is -2.15. The van der Waals surface area contributed by atoms with E-state index in [0.717, 1.165) is 4.90 Å². The Hall–Kier alpha value is -3.32. The quantitative estimate of drug-likeness (QED) is 0.503. The van der Waals surface area contributed by atoms with Crippen LogP contribution in [0.4, 0.5) is 11.4 Å². The van der Waals surface area contributed by atoms with E-state index < -0.39 is 17.8 Å². The van der Waals surface area contributed by atoms with E-state index in [4.69, 9.17) is 21.1 Å². The van der Waals surface area contributed by atoms with Crippen molar-refractivity contribution < 1.29 is 23.9 Å². The Morgan fingerprint density at radius 2 is 1.80 bits per heavy atom. The monoisotopic (exact) mass is 428 g/mol. The summed E-state index contributed by atoms with van der Waals surface area (Å²) in [5.74, 6) is -1.06. The molecular weight excluding hydrogens is 408 g/mol. The number of benzene rings is 2. The molecule has 2 amide bonds. The Morgan fingerprint density at radius 1 is 1.07 bits per heavy atom. The van der Waals surface area contributed by atoms with Gasteiger partial charge in [0.1, 0.15) is 16.5 Å². The van der Waals surface area contributed by atoms with Gasteiger partial charge < -0.3 is 14.8 Å². The minimum Gasteiger partial charge on any atom is -0.494 e. The van der Waals surface area contributed by atoms with Gasteiger partial charge in [0.25, 0.3) is 11.8 Å². The zero-order valence-corrected chi connectivity index (χ0v) is 17.4. The van der Waals surface area contributed by atoms with E-state index in [9.17, 15) is 14.4 Å². The van der Waals surface area contributed by atoms with Crippen LogP contribution in [0.1, 0.15) is 30.6 Å². The summed E-state index contributed by atoms with van der Waals surface area (Å²) in [5.41, 5.74) is 1.07. The number of imide groups is 1. The third-order valence-electron chi connectivity index (χ3n) is 4.24. The third-order valence-corrected chi connectivity index (χ3v) is 4.59. The van der Waals surface area contributed by atoms with Crippen molar-refractivity contribution in [3.63, 3.8) is 0 Å². The number of esters is 1. The van der Waals surface area contributed by atoms with Gasteiger partial charge >= 0.3 is 5.97 Å². The van der Waals surface area contributed by atoms with Crippen LogP contribution in [0.2, 0.25) is 0 Å². The lowest BCUT2D eigenvalue weighted by molar-refractivity contribution is -0.120. The van der Waals surface area contributed by atoms with Crippen LogP contribution in [-0.4, -0.2) is 31.0 Å². The normalized spacial score (nSPS) is 13.6. The van der Waals surface area contributed by atoms with Crippen LogP contribution in [0.3, 0.4) is 0 Å². The van der Waals surface area contributed by atoms with E-state index in [-0.39, 0.29) is 10.7 Å². The fourth-order valence-corrected chi connectivity index (χ4v) is 3.06. The highest BCUT2D eigenvalue weighted by Gasteiger charge is 2.39. The summed E-state index contributed by atoms with van der Waals surface area (Å²) in [4.78, 5) is 38.5. The van der Waals surface area contributed by atoms with Gasteiger partial charge in [-0.25, -0.2) is 9.69 Å². The van der Waals surface area contributed by atoms with Gasteiger partial charge in [0, 0.05) is 5.69 Å². The molecule has 1 aliphatic heterocycles. The summed E-state index contributed by atoms with van der Waals surface area (Å²) in [6, 6.07) is 13.0. The number of rotatable bonds is 8. The van der Waals surface area contributed by atoms with Gasteiger partial charge in [-0.1, -0.05) is 24.6 Å². The van der Waals surface area contributed by atoms with Gasteiger partial charge in [0.15, 0.2) is 0 Å². The number of anilines is 2. The molecule has 3 rings (SSSR count). The molecule has 0 fully saturated rings. The Kier molecular flexibility index (Phi) is 6.74. The number of nitrogens with one attached hydrogen (secondary N) is 1. The van der Waals surface area contributed by atoms with Gasteiger partial charge in [-0.2, -0.15) is 0 Å². The molecule has 0 bridgehead atoms. The highest BCUT2D eigenvalue weighted by atomic mass is 35.5. The van der Waals surface area contributed by atoms with Crippen molar-refractivity contribution in [1.82, 2.24) is 0 Å². The van der Waals surface area contributed by atoms with E-state index in [1.165, 1.54) is 6.07 Å². The molecule has 7 nitrogen and oxygen atoms in total. The number of amides is 2. The fourth-order valence-electron chi connectivity index (χ4n) is 2.85. The number of nitrogens with zero attached hydrogens (tertiary/aromatic N) is 1. The minimum atomic E-state index is -0.633. The molecule has 2 aromatic rings. The van der Waals surface area contributed by atoms with E-state index in [1.807, 2.05) is 13.8 Å². The first-order chi connectivity index (χ1) is 14.5. The number of hydrogen-bond acceptors (Lipinski definition) is 6. The predicted octanol–water partition coefficient (Wildman–Crippen LogP) is 4.09. The largest absolute Gasteiger partial charge is 0.494 e. The van der Waals surface area contributed by atoms with E-state index in [2.05, 4.69) is 5.32 Å². The maximum absolute atomic E-state index is 12.9. The first kappa shape index (κ1) is 21.4. The second-order valence-corrected chi connectivity index (χ2v) is 6.78. The minimum absolute atomic E-state index is 0.0605. The molecule has 0 aliphatic carbocycles. The Labute approximate surface area is 179 Å². The third kappa shape index (κ3) is 4.46. The van der Waals surface area contributed by atoms with Crippen LogP contribution < -0.4 is 15.0 Å². The maximum atomic E-state index is 12.9. The van der Waals surface area contributed by atoms with Gasteiger partial charge in [0.05, 0.1) is 24.5 Å². The Morgan fingerprint density at radius 3 is 2.47 bits per heavy atom. The number of ether oxygens (including phenoxy) is 2. The molecule has 0 aromatic heterocycles. The number of carbonyl (C=O) groups is 3. The average molecular weight is 429 g/mol. The molecule has 1 heterocycles. The summed E-state index contributed by atoms with van der Waals surface area (Å²) < 4.78 is 10.5. The molecule has 8 heteroatoms. The summed E-state index contributed by atoms with van der Waals surface area (Å²) in [6.07, 6.45) is 0.712. The lowest BCUT2D eigenvalue weighted by atomic mass is 10.2. The van der Waals surface area contributed by atoms with Gasteiger partial charge in [0.2, 0.25) is 0 Å². The molecule has 0 saturated carbocycles. The van der Waals surface area contributed by atoms with Crippen molar-refractivity contribution >= 4 is 40.8 Å². The Bertz CT molecular complexity index is 1000. The van der Waals surface area contributed by atoms with Crippen molar-refractivity contribution in [1.29, 1.82) is 0 Å². The molecule has 1 N–H and O–H groups in total. The average Bonchev–Trinajstić information content (AvgIpc) is 2.96. The Balaban J connectivity index is 1.79. The molecule has 0 atom stereocenters. The summed E-state index contributed by atoms with van der Waals surface area (Å²) >= 11 is 6.16. The van der Waals surface area contributed by atoms with Crippen molar-refractivity contribution in [2.45, 2.75) is 20.3 Å². The zero-order chi connectivity index (χ0) is 21.7. The van der Waals surface area contributed by atoms with Crippen LogP contribution in [0, 0.1) is 0 Å². The van der Waals surface area contributed by atoms with Crippen molar-refractivity contribution in [2.24, 2.45) is 0 Å². The number of carbonyl (C=O) groups excluding carboxylic acids is 3. The van der Waals surface area contributed by atoms with Crippen molar-refractivity contribution in [2.75, 3.05) is 23.4 Å². The van der Waals surface area contributed by atoms with Gasteiger partial charge in [-0.3, -0.25) is 9.59 Å². The predicted molar refractivity (Wildman–Crippen MR) is 114 cm³/mol. The van der Waals surface area contributed by atoms with Gasteiger partial charge in [-0.05, 0) is 55.8 Å². The smallest absolute Gasteiger partial charge is 0.338 e. The van der Waals surface area contributed by atoms with E-state index in [1.54, 1.807) is 42.5 Å². The maximum Gasteiger partial charge on any atom is 0.338 e. The van der Waals surface area contributed by atoms with Crippen LogP contribution in [0.5, 0.6) is 5.75 Å². The molecule has 1 aliphatic rings. The molecule has 0 radical (unpaired) electrons. The first-order valence-electron chi connectivity index (χ1n) is 9.51. The molecule has 0 saturated heterocycles. The highest BCUT2D eigenvalue weighted by molar-refractivity contribution is 6.53. The molecular formula is C22H21ClN2O5. The number of hydrogen-bond donors (Lipinski definition) is 1. The summed E-state index contributed by atoms with van der Waals surface area (Å²) in [6.45, 7) is 4.59. The zero-order valence-electron chi connectivity index (χ0n) is 16.6. The van der Waals surface area contributed by atoms with Crippen LogP contribution in [-0.2, 0) is 14.3 Å². The second-order valence-electron chi connectivity index (χ2n) is 6.40. The van der Waals surface area contributed by atoms with Crippen molar-refractivity contribution in [3.05, 3.63) is 64.8 Å². The fraction of sp³-hybridized carbons (Fsp3) is 0.227. The SMILES string of the molecule is CCCOC(=O)c1cccc(NC2=C(Cl)C(=O)N(c3ccc(OCC)cc3)C2=O)c1. The van der Waals surface area contributed by atoms with E-state index >= 15 is 0 Å². The number of halogens is 1. The molecule has 30 heavy (non-hydrogen) atoms. The van der Waals surface area contributed by atoms with Crippen LogP contribution in [0.15, 0.2) is 59.3 Å². The van der Waals surface area contributed by atoms with Crippen LogP contribution >= 0.6 is 11.6 Å². The molecule has 156 valence electrons. The van der Waals surface area contributed by atoms with Crippen molar-refractivity contribution in [3.8, 4) is 5.75 Å². The van der Waals surface area contributed by atoms with E-state index in [0.29, 0.717) is 42.3 Å². The summed E-state index contributed by atoms with van der Waals surface area (Å²) in [5, 5.41) is 2.63. The highest BCUT2D eigenvalue weighted by Crippen LogP contribution is 2.31. The van der Waals surface area contributed by atoms with Crippen LogP contribution in [0.25, 0.3) is 0 Å². The standard InChI is InChI=1S/C22H21ClN2O5/c1-3-12-30-22(28)14-6-5-7-15(13-14)24-19-18(23)20(26)25(21(19)27)16-8-10-17(11-9-16)29-4-2/h5-11,13,24H,3-4,12H2,1-2H3. The molecule has 0 unspecified atom stereocenters. The second kappa shape index (κ2) is 9.45. The molecule has 0 spiro atoms. The first-order valence-corrected chi connectivity index (χ1v) is 9.89. The summed E-state index contributed by atoms with van der Waals surface area (Å²) in [7, 11) is 0. The topological polar surface area (TPSA) is 84.9 Å². The van der Waals surface area contributed by atoms with Gasteiger partial charge in [-0.15, -0.1) is 0 Å².